The van der Waals surface area contributed by atoms with Gasteiger partial charge in [-0.1, -0.05) is 33.8 Å². The zero-order valence-corrected chi connectivity index (χ0v) is 8.52. The molecule has 0 fully saturated rings. The molecule has 0 spiro atoms. The van der Waals surface area contributed by atoms with Crippen molar-refractivity contribution in [3.05, 3.63) is 23.6 Å². The fourth-order valence-corrected chi connectivity index (χ4v) is 1.18. The van der Waals surface area contributed by atoms with Crippen LogP contribution in [-0.4, -0.2) is 0 Å². The van der Waals surface area contributed by atoms with Gasteiger partial charge in [0.05, 0.1) is 0 Å². The lowest BCUT2D eigenvalue weighted by molar-refractivity contribution is 0.592. The summed E-state index contributed by atoms with van der Waals surface area (Å²) in [6.45, 7) is 8.04. The lowest BCUT2D eigenvalue weighted by Gasteiger charge is -2.12. The summed E-state index contributed by atoms with van der Waals surface area (Å²) in [4.78, 5) is 0. The number of allylic oxidation sites excluding steroid dienone is 4. The Bertz CT molecular complexity index is 175. The van der Waals surface area contributed by atoms with Crippen LogP contribution in [0.3, 0.4) is 0 Å². The van der Waals surface area contributed by atoms with Gasteiger partial charge in [-0.15, -0.1) is 0 Å². The van der Waals surface area contributed by atoms with Crippen molar-refractivity contribution in [1.29, 1.82) is 0 Å². The molecule has 0 bridgehead atoms. The summed E-state index contributed by atoms with van der Waals surface area (Å²) in [5.41, 5.74) is 0.881. The van der Waals surface area contributed by atoms with Crippen LogP contribution in [0.15, 0.2) is 23.6 Å². The second-order valence-electron chi connectivity index (χ2n) is 2.94. The van der Waals surface area contributed by atoms with E-state index in [1.54, 1.807) is 6.08 Å². The van der Waals surface area contributed by atoms with E-state index in [-0.39, 0.29) is 5.83 Å². The summed E-state index contributed by atoms with van der Waals surface area (Å²) >= 11 is 0. The monoisotopic (exact) mass is 170 g/mol. The predicted octanol–water partition coefficient (Wildman–Crippen LogP) is 4.24. The molecular formula is C11H19F. The van der Waals surface area contributed by atoms with Gasteiger partial charge >= 0.3 is 0 Å². The van der Waals surface area contributed by atoms with Crippen LogP contribution >= 0.6 is 0 Å². The number of halogens is 1. The average molecular weight is 170 g/mol. The molecule has 1 rings (SSSR count). The first-order chi connectivity index (χ1) is 5.72. The van der Waals surface area contributed by atoms with Crippen molar-refractivity contribution in [3.8, 4) is 0 Å². The van der Waals surface area contributed by atoms with Crippen molar-refractivity contribution < 1.29 is 4.39 Å². The Morgan fingerprint density at radius 1 is 1.17 bits per heavy atom. The average Bonchev–Trinajstić information content (AvgIpc) is 2.08. The van der Waals surface area contributed by atoms with E-state index in [2.05, 4.69) is 0 Å². The minimum atomic E-state index is -0.0127. The standard InChI is InChI=1S/C9H13F.C2H6/c1-7(2)8-5-3-4-6-9(8)10;1-2/h5-7H,3-4H2,1-2H3;1-2H3. The molecule has 1 aliphatic rings. The van der Waals surface area contributed by atoms with Gasteiger partial charge in [0.25, 0.3) is 0 Å². The Balaban J connectivity index is 0.000000561. The third kappa shape index (κ3) is 3.21. The van der Waals surface area contributed by atoms with E-state index < -0.39 is 0 Å². The molecule has 0 atom stereocenters. The van der Waals surface area contributed by atoms with E-state index in [1.807, 2.05) is 33.8 Å². The highest BCUT2D eigenvalue weighted by Gasteiger charge is 2.10. The van der Waals surface area contributed by atoms with Gasteiger partial charge in [0.15, 0.2) is 0 Å². The quantitative estimate of drug-likeness (QED) is 0.552. The molecule has 0 aliphatic heterocycles. The predicted molar refractivity (Wildman–Crippen MR) is 52.7 cm³/mol. The molecule has 0 unspecified atom stereocenters. The molecule has 0 radical (unpaired) electrons. The van der Waals surface area contributed by atoms with Gasteiger partial charge in [-0.2, -0.15) is 0 Å². The number of hydrogen-bond acceptors (Lipinski definition) is 0. The first-order valence-electron chi connectivity index (χ1n) is 4.78. The Hall–Kier alpha value is -0.590. The van der Waals surface area contributed by atoms with Crippen molar-refractivity contribution in [1.82, 2.24) is 0 Å². The highest BCUT2D eigenvalue weighted by atomic mass is 19.1. The molecule has 0 saturated heterocycles. The minimum absolute atomic E-state index is 0.0127. The highest BCUT2D eigenvalue weighted by molar-refractivity contribution is 5.29. The summed E-state index contributed by atoms with van der Waals surface area (Å²) in [6, 6.07) is 0. The number of rotatable bonds is 1. The van der Waals surface area contributed by atoms with Gasteiger partial charge in [0, 0.05) is 0 Å². The molecule has 0 aromatic heterocycles. The first-order valence-corrected chi connectivity index (χ1v) is 4.78. The molecule has 0 aromatic rings. The third-order valence-electron chi connectivity index (χ3n) is 1.75. The smallest absolute Gasteiger partial charge is 0.122 e. The summed E-state index contributed by atoms with van der Waals surface area (Å²) in [6.07, 6.45) is 5.54. The van der Waals surface area contributed by atoms with Gasteiger partial charge < -0.3 is 0 Å². The zero-order valence-electron chi connectivity index (χ0n) is 8.52. The SMILES string of the molecule is CC.CC(C)C1=CCCC=C1F. The van der Waals surface area contributed by atoms with Gasteiger partial charge in [0.2, 0.25) is 0 Å². The maximum absolute atomic E-state index is 12.9. The second kappa shape index (κ2) is 5.99. The van der Waals surface area contributed by atoms with Crippen molar-refractivity contribution in [2.24, 2.45) is 5.92 Å². The molecule has 0 N–H and O–H groups in total. The fourth-order valence-electron chi connectivity index (χ4n) is 1.18. The molecule has 0 heterocycles. The normalized spacial score (nSPS) is 16.2. The Labute approximate surface area is 75.2 Å². The maximum atomic E-state index is 12.9. The third-order valence-corrected chi connectivity index (χ3v) is 1.75. The molecule has 12 heavy (non-hydrogen) atoms. The minimum Gasteiger partial charge on any atom is -0.207 e. The number of hydrogen-bond donors (Lipinski definition) is 0. The lowest BCUT2D eigenvalue weighted by atomic mass is 9.96. The molecule has 0 amide bonds. The van der Waals surface area contributed by atoms with Crippen LogP contribution < -0.4 is 0 Å². The summed E-state index contributed by atoms with van der Waals surface area (Å²) in [5, 5.41) is 0. The van der Waals surface area contributed by atoms with Crippen LogP contribution in [0.2, 0.25) is 0 Å². The van der Waals surface area contributed by atoms with Crippen molar-refractivity contribution in [2.75, 3.05) is 0 Å². The molecule has 1 heteroatoms. The molecular weight excluding hydrogens is 151 g/mol. The zero-order chi connectivity index (χ0) is 9.56. The van der Waals surface area contributed by atoms with Crippen molar-refractivity contribution in [3.63, 3.8) is 0 Å². The van der Waals surface area contributed by atoms with Crippen LogP contribution in [-0.2, 0) is 0 Å². The van der Waals surface area contributed by atoms with E-state index in [0.717, 1.165) is 18.4 Å². The van der Waals surface area contributed by atoms with Gasteiger partial charge in [0.1, 0.15) is 5.83 Å². The first kappa shape index (κ1) is 11.4. The topological polar surface area (TPSA) is 0 Å². The molecule has 1 aliphatic carbocycles. The fraction of sp³-hybridized carbons (Fsp3) is 0.636. The van der Waals surface area contributed by atoms with E-state index >= 15 is 0 Å². The van der Waals surface area contributed by atoms with E-state index in [4.69, 9.17) is 0 Å². The van der Waals surface area contributed by atoms with Crippen molar-refractivity contribution >= 4 is 0 Å². The second-order valence-corrected chi connectivity index (χ2v) is 2.94. The summed E-state index contributed by atoms with van der Waals surface area (Å²) in [5.74, 6) is 0.317. The maximum Gasteiger partial charge on any atom is 0.122 e. The molecule has 0 nitrogen and oxygen atoms in total. The van der Waals surface area contributed by atoms with Crippen LogP contribution in [0.5, 0.6) is 0 Å². The molecule has 0 saturated carbocycles. The van der Waals surface area contributed by atoms with Crippen LogP contribution in [0, 0.1) is 5.92 Å². The van der Waals surface area contributed by atoms with Gasteiger partial charge in [-0.3, -0.25) is 0 Å². The highest BCUT2D eigenvalue weighted by Crippen LogP contribution is 2.25. The Morgan fingerprint density at radius 2 is 1.67 bits per heavy atom. The van der Waals surface area contributed by atoms with Crippen molar-refractivity contribution in [2.45, 2.75) is 40.5 Å². The van der Waals surface area contributed by atoms with E-state index in [1.165, 1.54) is 0 Å². The molecule has 70 valence electrons. The Morgan fingerprint density at radius 3 is 2.00 bits per heavy atom. The summed E-state index contributed by atoms with van der Waals surface area (Å²) in [7, 11) is 0. The van der Waals surface area contributed by atoms with Crippen LogP contribution in [0.25, 0.3) is 0 Å². The van der Waals surface area contributed by atoms with E-state index in [9.17, 15) is 4.39 Å². The lowest BCUT2D eigenvalue weighted by Crippen LogP contribution is -1.97. The summed E-state index contributed by atoms with van der Waals surface area (Å²) < 4.78 is 12.9. The van der Waals surface area contributed by atoms with Crippen LogP contribution in [0.4, 0.5) is 4.39 Å². The Kier molecular flexibility index (Phi) is 5.69. The van der Waals surface area contributed by atoms with Gasteiger partial charge in [-0.05, 0) is 30.4 Å². The van der Waals surface area contributed by atoms with E-state index in [0.29, 0.717) is 5.92 Å². The molecule has 0 aromatic carbocycles. The van der Waals surface area contributed by atoms with Crippen LogP contribution in [0.1, 0.15) is 40.5 Å². The largest absolute Gasteiger partial charge is 0.207 e. The van der Waals surface area contributed by atoms with Gasteiger partial charge in [-0.25, -0.2) is 4.39 Å².